The van der Waals surface area contributed by atoms with Gasteiger partial charge in [0.25, 0.3) is 0 Å². The normalized spacial score (nSPS) is 11.2. The van der Waals surface area contributed by atoms with Crippen LogP contribution in [-0.2, 0) is 0 Å². The molecule has 2 aromatic carbocycles. The Kier molecular flexibility index (Phi) is 3.98. The van der Waals surface area contributed by atoms with E-state index < -0.39 is 0 Å². The average molecular weight is 297 g/mol. The van der Waals surface area contributed by atoms with Crippen LogP contribution in [0.25, 0.3) is 22.4 Å². The molecule has 1 aromatic heterocycles. The van der Waals surface area contributed by atoms with Gasteiger partial charge < -0.3 is 14.9 Å². The summed E-state index contributed by atoms with van der Waals surface area (Å²) in [6.07, 6.45) is 0. The standard InChI is InChI=1S/C17H19N3O2/c1-18(2)12-13-22-20-16-11-7-6-10-15(16)19(21)17(20)14-8-4-3-5-9-14/h3-11H,12-13H2,1-2H3. The number of hydrogen-bond acceptors (Lipinski definition) is 3. The van der Waals surface area contributed by atoms with Gasteiger partial charge in [0.05, 0.1) is 5.56 Å². The van der Waals surface area contributed by atoms with Crippen LogP contribution in [-0.4, -0.2) is 36.9 Å². The summed E-state index contributed by atoms with van der Waals surface area (Å²) in [6.45, 7) is 1.28. The lowest BCUT2D eigenvalue weighted by molar-refractivity contribution is -0.567. The molecule has 3 rings (SSSR count). The van der Waals surface area contributed by atoms with Gasteiger partial charge in [-0.05, 0) is 43.1 Å². The summed E-state index contributed by atoms with van der Waals surface area (Å²) in [4.78, 5) is 7.93. The molecule has 0 amide bonds. The Bertz CT molecular complexity index is 766. The number of benzene rings is 2. The monoisotopic (exact) mass is 297 g/mol. The number of rotatable bonds is 5. The molecule has 0 aliphatic heterocycles. The second-order valence-electron chi connectivity index (χ2n) is 5.40. The first-order valence-corrected chi connectivity index (χ1v) is 7.25. The first-order valence-electron chi connectivity index (χ1n) is 7.25. The third-order valence-corrected chi connectivity index (χ3v) is 3.49. The van der Waals surface area contributed by atoms with Gasteiger partial charge in [-0.15, -0.1) is 0 Å². The first-order chi connectivity index (χ1) is 10.7. The third kappa shape index (κ3) is 2.63. The molecule has 22 heavy (non-hydrogen) atoms. The molecule has 5 heteroatoms. The predicted molar refractivity (Wildman–Crippen MR) is 86.3 cm³/mol. The van der Waals surface area contributed by atoms with Gasteiger partial charge in [-0.3, -0.25) is 0 Å². The number of para-hydroxylation sites is 2. The molecule has 0 bridgehead atoms. The largest absolute Gasteiger partial charge is 0.710 e. The van der Waals surface area contributed by atoms with Crippen molar-refractivity contribution in [2.45, 2.75) is 0 Å². The summed E-state index contributed by atoms with van der Waals surface area (Å²) in [5.74, 6) is 0.501. The van der Waals surface area contributed by atoms with Crippen molar-refractivity contribution in [2.24, 2.45) is 0 Å². The molecular weight excluding hydrogens is 278 g/mol. The van der Waals surface area contributed by atoms with Crippen LogP contribution in [0.15, 0.2) is 54.6 Å². The van der Waals surface area contributed by atoms with Crippen LogP contribution < -0.4 is 9.57 Å². The molecule has 0 unspecified atom stereocenters. The van der Waals surface area contributed by atoms with Crippen molar-refractivity contribution in [3.63, 3.8) is 0 Å². The van der Waals surface area contributed by atoms with Gasteiger partial charge in [-0.25, -0.2) is 4.73 Å². The number of aromatic nitrogens is 2. The highest BCUT2D eigenvalue weighted by Gasteiger charge is 2.24. The van der Waals surface area contributed by atoms with Crippen molar-refractivity contribution in [2.75, 3.05) is 27.2 Å². The van der Waals surface area contributed by atoms with E-state index in [1.165, 1.54) is 0 Å². The SMILES string of the molecule is CN(C)CCOn1c(-c2ccccc2)[n+]([O-])c2ccccc21. The Morgan fingerprint density at radius 2 is 1.73 bits per heavy atom. The molecule has 0 fully saturated rings. The van der Waals surface area contributed by atoms with Gasteiger partial charge in [0.2, 0.25) is 5.52 Å². The van der Waals surface area contributed by atoms with Crippen LogP contribution in [0, 0.1) is 5.21 Å². The van der Waals surface area contributed by atoms with Gasteiger partial charge in [-0.1, -0.05) is 30.3 Å². The van der Waals surface area contributed by atoms with Gasteiger partial charge in [-0.2, -0.15) is 0 Å². The second kappa shape index (κ2) is 6.07. The lowest BCUT2D eigenvalue weighted by Crippen LogP contribution is -2.31. The first kappa shape index (κ1) is 14.4. The van der Waals surface area contributed by atoms with Gasteiger partial charge >= 0.3 is 5.82 Å². The highest BCUT2D eigenvalue weighted by atomic mass is 16.7. The number of imidazole rings is 1. The zero-order valence-corrected chi connectivity index (χ0v) is 12.8. The molecule has 0 atom stereocenters. The molecule has 5 nitrogen and oxygen atoms in total. The Balaban J connectivity index is 2.10. The van der Waals surface area contributed by atoms with Gasteiger partial charge in [0.15, 0.2) is 12.1 Å². The maximum absolute atomic E-state index is 12.7. The van der Waals surface area contributed by atoms with E-state index in [-0.39, 0.29) is 0 Å². The Hall–Kier alpha value is -2.53. The van der Waals surface area contributed by atoms with Crippen LogP contribution in [0.3, 0.4) is 0 Å². The number of nitrogens with zero attached hydrogens (tertiary/aromatic N) is 3. The van der Waals surface area contributed by atoms with E-state index >= 15 is 0 Å². The van der Waals surface area contributed by atoms with E-state index in [1.807, 2.05) is 67.5 Å². The van der Waals surface area contributed by atoms with Gasteiger partial charge in [0.1, 0.15) is 0 Å². The molecule has 0 N–H and O–H groups in total. The van der Waals surface area contributed by atoms with Crippen molar-refractivity contribution in [1.29, 1.82) is 0 Å². The van der Waals surface area contributed by atoms with Crippen LogP contribution in [0.1, 0.15) is 0 Å². The fourth-order valence-corrected chi connectivity index (χ4v) is 2.39. The maximum Gasteiger partial charge on any atom is 0.332 e. The van der Waals surface area contributed by atoms with E-state index in [1.54, 1.807) is 10.8 Å². The molecule has 0 radical (unpaired) electrons. The van der Waals surface area contributed by atoms with Crippen LogP contribution in [0.5, 0.6) is 0 Å². The fourth-order valence-electron chi connectivity index (χ4n) is 2.39. The molecule has 3 aromatic rings. The van der Waals surface area contributed by atoms with Crippen LogP contribution >= 0.6 is 0 Å². The van der Waals surface area contributed by atoms with Gasteiger partial charge in [0, 0.05) is 6.54 Å². The second-order valence-corrected chi connectivity index (χ2v) is 5.40. The molecule has 1 heterocycles. The topological polar surface area (TPSA) is 44.3 Å². The Morgan fingerprint density at radius 3 is 2.45 bits per heavy atom. The van der Waals surface area contributed by atoms with Crippen LogP contribution in [0.4, 0.5) is 0 Å². The fraction of sp³-hybridized carbons (Fsp3) is 0.235. The minimum absolute atomic E-state index is 0.501. The zero-order valence-electron chi connectivity index (χ0n) is 12.8. The number of fused-ring (bicyclic) bond motifs is 1. The highest BCUT2D eigenvalue weighted by molar-refractivity contribution is 5.75. The number of likely N-dealkylation sites (N-methyl/N-ethyl adjacent to an activating group) is 1. The molecule has 0 aliphatic rings. The zero-order chi connectivity index (χ0) is 15.5. The lowest BCUT2D eigenvalue weighted by atomic mass is 10.2. The van der Waals surface area contributed by atoms with Crippen molar-refractivity contribution in [1.82, 2.24) is 9.63 Å². The molecule has 0 aliphatic carbocycles. The third-order valence-electron chi connectivity index (χ3n) is 3.49. The summed E-state index contributed by atoms with van der Waals surface area (Å²) >= 11 is 0. The molecular formula is C17H19N3O2. The Morgan fingerprint density at radius 1 is 1.05 bits per heavy atom. The quantitative estimate of drug-likeness (QED) is 0.534. The average Bonchev–Trinajstić information content (AvgIpc) is 2.81. The van der Waals surface area contributed by atoms with E-state index in [4.69, 9.17) is 4.84 Å². The van der Waals surface area contributed by atoms with Crippen molar-refractivity contribution in [3.05, 3.63) is 59.8 Å². The van der Waals surface area contributed by atoms with E-state index in [0.717, 1.165) is 22.4 Å². The van der Waals surface area contributed by atoms with Crippen molar-refractivity contribution < 1.29 is 9.57 Å². The highest BCUT2D eigenvalue weighted by Crippen LogP contribution is 2.21. The smallest absolute Gasteiger partial charge is 0.332 e. The number of hydrogen-bond donors (Lipinski definition) is 0. The molecule has 0 saturated carbocycles. The van der Waals surface area contributed by atoms with E-state index in [0.29, 0.717) is 17.9 Å². The summed E-state index contributed by atoms with van der Waals surface area (Å²) in [7, 11) is 3.98. The lowest BCUT2D eigenvalue weighted by Gasteiger charge is -2.10. The molecule has 0 spiro atoms. The predicted octanol–water partition coefficient (Wildman–Crippen LogP) is 1.93. The van der Waals surface area contributed by atoms with Crippen LogP contribution in [0.2, 0.25) is 0 Å². The van der Waals surface area contributed by atoms with Crippen molar-refractivity contribution >= 4 is 11.0 Å². The van der Waals surface area contributed by atoms with E-state index in [2.05, 4.69) is 0 Å². The minimum atomic E-state index is 0.501. The molecule has 0 saturated heterocycles. The van der Waals surface area contributed by atoms with E-state index in [9.17, 15) is 5.21 Å². The minimum Gasteiger partial charge on any atom is -0.710 e. The summed E-state index contributed by atoms with van der Waals surface area (Å²) in [6, 6.07) is 17.0. The molecule has 114 valence electrons. The maximum atomic E-state index is 12.7. The summed E-state index contributed by atoms with van der Waals surface area (Å²) < 4.78 is 2.57. The summed E-state index contributed by atoms with van der Waals surface area (Å²) in [5.41, 5.74) is 2.21. The van der Waals surface area contributed by atoms with Crippen molar-refractivity contribution in [3.8, 4) is 11.4 Å². The summed E-state index contributed by atoms with van der Waals surface area (Å²) in [5, 5.41) is 12.7. The Labute approximate surface area is 129 Å².